The zero-order valence-corrected chi connectivity index (χ0v) is 8.06. The maximum absolute atomic E-state index is 3.83. The number of hydrogen-bond donors (Lipinski definition) is 1. The molecule has 0 saturated carbocycles. The molecule has 0 spiro atoms. The van der Waals surface area contributed by atoms with Gasteiger partial charge in [-0.2, -0.15) is 0 Å². The zero-order chi connectivity index (χ0) is 8.97. The van der Waals surface area contributed by atoms with E-state index in [1.807, 2.05) is 6.08 Å². The quantitative estimate of drug-likeness (QED) is 0.681. The minimum atomic E-state index is 1.01. The molecule has 1 N–H and O–H groups in total. The molecule has 1 heterocycles. The van der Waals surface area contributed by atoms with Gasteiger partial charge in [0, 0.05) is 31.8 Å². The highest BCUT2D eigenvalue weighted by atomic mass is 15.1. The molecule has 0 aromatic carbocycles. The Morgan fingerprint density at radius 3 is 3.00 bits per heavy atom. The lowest BCUT2D eigenvalue weighted by Gasteiger charge is -2.26. The summed E-state index contributed by atoms with van der Waals surface area (Å²) in [5, 5.41) is 3.39. The van der Waals surface area contributed by atoms with E-state index in [0.29, 0.717) is 0 Å². The molecule has 0 unspecified atom stereocenters. The van der Waals surface area contributed by atoms with Gasteiger partial charge in [0.05, 0.1) is 0 Å². The number of hydrogen-bond acceptors (Lipinski definition) is 2. The monoisotopic (exact) mass is 166 g/mol. The van der Waals surface area contributed by atoms with Crippen molar-refractivity contribution in [1.82, 2.24) is 10.2 Å². The van der Waals surface area contributed by atoms with E-state index < -0.39 is 0 Å². The summed E-state index contributed by atoms with van der Waals surface area (Å²) in [6.07, 6.45) is 3.10. The first kappa shape index (κ1) is 9.33. The maximum Gasteiger partial charge on any atom is 0.0247 e. The van der Waals surface area contributed by atoms with E-state index in [-0.39, 0.29) is 0 Å². The SMILES string of the molecule is C=CC1=C(NCC)CCN(C)C1. The molecule has 0 aromatic rings. The first-order valence-corrected chi connectivity index (χ1v) is 4.54. The molecule has 0 fully saturated rings. The van der Waals surface area contributed by atoms with Crippen LogP contribution >= 0.6 is 0 Å². The molecular weight excluding hydrogens is 148 g/mol. The van der Waals surface area contributed by atoms with Gasteiger partial charge in [-0.05, 0) is 19.5 Å². The van der Waals surface area contributed by atoms with Crippen LogP contribution in [-0.4, -0.2) is 31.6 Å². The largest absolute Gasteiger partial charge is 0.388 e. The average Bonchev–Trinajstić information content (AvgIpc) is 2.08. The maximum atomic E-state index is 3.83. The highest BCUT2D eigenvalue weighted by molar-refractivity contribution is 5.26. The minimum absolute atomic E-state index is 1.01. The van der Waals surface area contributed by atoms with Crippen molar-refractivity contribution in [3.05, 3.63) is 23.9 Å². The molecule has 1 rings (SSSR count). The van der Waals surface area contributed by atoms with E-state index in [2.05, 4.69) is 30.8 Å². The van der Waals surface area contributed by atoms with Gasteiger partial charge in [0.25, 0.3) is 0 Å². The Balaban J connectivity index is 2.69. The van der Waals surface area contributed by atoms with Crippen LogP contribution in [0, 0.1) is 0 Å². The number of nitrogens with one attached hydrogen (secondary N) is 1. The van der Waals surface area contributed by atoms with Crippen molar-refractivity contribution in [2.45, 2.75) is 13.3 Å². The van der Waals surface area contributed by atoms with Gasteiger partial charge in [-0.3, -0.25) is 0 Å². The lowest BCUT2D eigenvalue weighted by Crippen LogP contribution is -2.31. The predicted molar refractivity (Wildman–Crippen MR) is 53.0 cm³/mol. The normalized spacial score (nSPS) is 19.5. The molecule has 2 heteroatoms. The van der Waals surface area contributed by atoms with Gasteiger partial charge in [0.2, 0.25) is 0 Å². The van der Waals surface area contributed by atoms with Gasteiger partial charge in [0.15, 0.2) is 0 Å². The smallest absolute Gasteiger partial charge is 0.0247 e. The lowest BCUT2D eigenvalue weighted by atomic mass is 10.1. The van der Waals surface area contributed by atoms with Gasteiger partial charge >= 0.3 is 0 Å². The van der Waals surface area contributed by atoms with Gasteiger partial charge in [-0.1, -0.05) is 12.7 Å². The van der Waals surface area contributed by atoms with Crippen LogP contribution in [0.3, 0.4) is 0 Å². The fraction of sp³-hybridized carbons (Fsp3) is 0.600. The molecule has 1 aliphatic rings. The van der Waals surface area contributed by atoms with Crippen LogP contribution in [0.15, 0.2) is 23.9 Å². The molecule has 0 bridgehead atoms. The number of nitrogens with zero attached hydrogens (tertiary/aromatic N) is 1. The Hall–Kier alpha value is -0.760. The summed E-state index contributed by atoms with van der Waals surface area (Å²) in [6.45, 7) is 9.15. The fourth-order valence-electron chi connectivity index (χ4n) is 1.53. The highest BCUT2D eigenvalue weighted by Gasteiger charge is 2.12. The number of rotatable bonds is 3. The zero-order valence-electron chi connectivity index (χ0n) is 8.06. The first-order chi connectivity index (χ1) is 5.77. The fourth-order valence-corrected chi connectivity index (χ4v) is 1.53. The standard InChI is InChI=1S/C10H18N2/c1-4-9-8-12(3)7-6-10(9)11-5-2/h4,11H,1,5-8H2,2-3H3. The molecule has 2 nitrogen and oxygen atoms in total. The van der Waals surface area contributed by atoms with Crippen molar-refractivity contribution in [2.24, 2.45) is 0 Å². The van der Waals surface area contributed by atoms with Crippen molar-refractivity contribution < 1.29 is 0 Å². The molecule has 0 saturated heterocycles. The van der Waals surface area contributed by atoms with Crippen LogP contribution in [0.4, 0.5) is 0 Å². The van der Waals surface area contributed by atoms with Crippen LogP contribution in [0.2, 0.25) is 0 Å². The molecular formula is C10H18N2. The van der Waals surface area contributed by atoms with Gasteiger partial charge in [0.1, 0.15) is 0 Å². The van der Waals surface area contributed by atoms with Crippen LogP contribution in [-0.2, 0) is 0 Å². The summed E-state index contributed by atoms with van der Waals surface area (Å²) in [7, 11) is 2.15. The van der Waals surface area contributed by atoms with Gasteiger partial charge in [-0.25, -0.2) is 0 Å². The summed E-state index contributed by atoms with van der Waals surface area (Å²) >= 11 is 0. The van der Waals surface area contributed by atoms with Crippen LogP contribution in [0.1, 0.15) is 13.3 Å². The van der Waals surface area contributed by atoms with E-state index >= 15 is 0 Å². The molecule has 0 aromatic heterocycles. The highest BCUT2D eigenvalue weighted by Crippen LogP contribution is 2.14. The molecule has 0 aliphatic carbocycles. The van der Waals surface area contributed by atoms with Crippen molar-refractivity contribution in [1.29, 1.82) is 0 Å². The Kier molecular flexibility index (Phi) is 3.35. The van der Waals surface area contributed by atoms with Crippen LogP contribution in [0.5, 0.6) is 0 Å². The Bertz CT molecular complexity index is 194. The third kappa shape index (κ3) is 2.11. The third-order valence-electron chi connectivity index (χ3n) is 2.21. The summed E-state index contributed by atoms with van der Waals surface area (Å²) in [6, 6.07) is 0. The number of likely N-dealkylation sites (N-methyl/N-ethyl adjacent to an activating group) is 1. The summed E-state index contributed by atoms with van der Waals surface area (Å²) < 4.78 is 0. The Morgan fingerprint density at radius 1 is 1.67 bits per heavy atom. The molecule has 0 atom stereocenters. The summed E-state index contributed by atoms with van der Waals surface area (Å²) in [5.74, 6) is 0. The van der Waals surface area contributed by atoms with E-state index in [4.69, 9.17) is 0 Å². The predicted octanol–water partition coefficient (Wildman–Crippen LogP) is 1.37. The summed E-state index contributed by atoms with van der Waals surface area (Å²) in [4.78, 5) is 2.32. The second-order valence-corrected chi connectivity index (χ2v) is 3.23. The second kappa shape index (κ2) is 4.31. The second-order valence-electron chi connectivity index (χ2n) is 3.23. The Morgan fingerprint density at radius 2 is 2.42 bits per heavy atom. The molecule has 68 valence electrons. The molecule has 0 amide bonds. The van der Waals surface area contributed by atoms with E-state index in [1.54, 1.807) is 0 Å². The van der Waals surface area contributed by atoms with Crippen molar-refractivity contribution in [2.75, 3.05) is 26.7 Å². The average molecular weight is 166 g/mol. The molecule has 1 aliphatic heterocycles. The van der Waals surface area contributed by atoms with Crippen LogP contribution < -0.4 is 5.32 Å². The Labute approximate surface area is 74.9 Å². The van der Waals surface area contributed by atoms with Crippen molar-refractivity contribution >= 4 is 0 Å². The summed E-state index contributed by atoms with van der Waals surface area (Å²) in [5.41, 5.74) is 2.73. The lowest BCUT2D eigenvalue weighted by molar-refractivity contribution is 0.345. The minimum Gasteiger partial charge on any atom is -0.388 e. The van der Waals surface area contributed by atoms with E-state index in [1.165, 1.54) is 11.3 Å². The molecule has 0 radical (unpaired) electrons. The first-order valence-electron chi connectivity index (χ1n) is 4.54. The van der Waals surface area contributed by atoms with Crippen molar-refractivity contribution in [3.8, 4) is 0 Å². The molecule has 12 heavy (non-hydrogen) atoms. The van der Waals surface area contributed by atoms with Gasteiger partial charge < -0.3 is 10.2 Å². The van der Waals surface area contributed by atoms with Crippen LogP contribution in [0.25, 0.3) is 0 Å². The topological polar surface area (TPSA) is 15.3 Å². The van der Waals surface area contributed by atoms with E-state index in [9.17, 15) is 0 Å². The van der Waals surface area contributed by atoms with Crippen molar-refractivity contribution in [3.63, 3.8) is 0 Å². The third-order valence-corrected chi connectivity index (χ3v) is 2.21. The van der Waals surface area contributed by atoms with E-state index in [0.717, 1.165) is 26.1 Å². The van der Waals surface area contributed by atoms with Gasteiger partial charge in [-0.15, -0.1) is 0 Å².